The van der Waals surface area contributed by atoms with Gasteiger partial charge in [-0.3, -0.25) is 4.79 Å². The first-order valence-corrected chi connectivity index (χ1v) is 6.56. The number of benzene rings is 1. The fourth-order valence-corrected chi connectivity index (χ4v) is 2.32. The summed E-state index contributed by atoms with van der Waals surface area (Å²) in [5.74, 6) is 1.50. The Hall–Kier alpha value is -1.75. The zero-order valence-corrected chi connectivity index (χ0v) is 11.4. The molecule has 5 heteroatoms. The van der Waals surface area contributed by atoms with Crippen LogP contribution in [0, 0.1) is 0 Å². The molecule has 1 saturated heterocycles. The third kappa shape index (κ3) is 3.38. The smallest absolute Gasteiger partial charge is 0.278 e. The number of amides is 1. The van der Waals surface area contributed by atoms with E-state index >= 15 is 0 Å². The maximum atomic E-state index is 11.9. The number of hydrogen-bond acceptors (Lipinski definition) is 3. The SMILES string of the molecule is COc1ccc(CNC(=O)[C@H]2CCC[NH2+]2)cc1OC. The van der Waals surface area contributed by atoms with Crippen LogP contribution in [0.3, 0.4) is 0 Å². The van der Waals surface area contributed by atoms with E-state index < -0.39 is 0 Å². The van der Waals surface area contributed by atoms with Crippen molar-refractivity contribution < 1.29 is 19.6 Å². The third-order valence-electron chi connectivity index (χ3n) is 3.42. The van der Waals surface area contributed by atoms with Gasteiger partial charge in [0.15, 0.2) is 17.5 Å². The van der Waals surface area contributed by atoms with Crippen LogP contribution in [-0.2, 0) is 11.3 Å². The number of rotatable bonds is 5. The molecule has 1 aliphatic heterocycles. The first-order chi connectivity index (χ1) is 9.24. The molecule has 3 N–H and O–H groups in total. The van der Waals surface area contributed by atoms with Gasteiger partial charge in [0.1, 0.15) is 0 Å². The van der Waals surface area contributed by atoms with Gasteiger partial charge >= 0.3 is 0 Å². The average molecular weight is 265 g/mol. The molecule has 0 unspecified atom stereocenters. The van der Waals surface area contributed by atoms with Gasteiger partial charge in [-0.25, -0.2) is 0 Å². The Kier molecular flexibility index (Phi) is 4.63. The van der Waals surface area contributed by atoms with E-state index in [2.05, 4.69) is 10.6 Å². The van der Waals surface area contributed by atoms with Crippen molar-refractivity contribution in [1.29, 1.82) is 0 Å². The Balaban J connectivity index is 1.93. The molecule has 0 radical (unpaired) electrons. The van der Waals surface area contributed by atoms with E-state index in [4.69, 9.17) is 9.47 Å². The van der Waals surface area contributed by atoms with Gasteiger partial charge in [-0.15, -0.1) is 0 Å². The van der Waals surface area contributed by atoms with Gasteiger partial charge in [-0.2, -0.15) is 0 Å². The number of carbonyl (C=O) groups excluding carboxylic acids is 1. The Morgan fingerprint density at radius 2 is 2.16 bits per heavy atom. The van der Waals surface area contributed by atoms with Crippen molar-refractivity contribution in [2.24, 2.45) is 0 Å². The summed E-state index contributed by atoms with van der Waals surface area (Å²) >= 11 is 0. The fourth-order valence-electron chi connectivity index (χ4n) is 2.32. The van der Waals surface area contributed by atoms with E-state index in [9.17, 15) is 4.79 Å². The van der Waals surface area contributed by atoms with Crippen LogP contribution in [0.5, 0.6) is 11.5 Å². The highest BCUT2D eigenvalue weighted by molar-refractivity contribution is 5.80. The summed E-state index contributed by atoms with van der Waals surface area (Å²) in [6.07, 6.45) is 2.09. The number of carbonyl (C=O) groups is 1. The maximum absolute atomic E-state index is 11.9. The normalized spacial score (nSPS) is 18.1. The van der Waals surface area contributed by atoms with E-state index in [1.165, 1.54) is 0 Å². The van der Waals surface area contributed by atoms with Crippen LogP contribution in [0.1, 0.15) is 18.4 Å². The van der Waals surface area contributed by atoms with Gasteiger partial charge < -0.3 is 20.1 Å². The van der Waals surface area contributed by atoms with Crippen LogP contribution in [-0.4, -0.2) is 32.7 Å². The van der Waals surface area contributed by atoms with Crippen molar-refractivity contribution in [2.75, 3.05) is 20.8 Å². The topological polar surface area (TPSA) is 64.2 Å². The van der Waals surface area contributed by atoms with Crippen LogP contribution in [0.25, 0.3) is 0 Å². The molecule has 1 atom stereocenters. The molecule has 1 aliphatic rings. The minimum atomic E-state index is 0.0835. The molecule has 2 rings (SSSR count). The summed E-state index contributed by atoms with van der Waals surface area (Å²) in [7, 11) is 3.21. The summed E-state index contributed by atoms with van der Waals surface area (Å²) in [6.45, 7) is 1.57. The van der Waals surface area contributed by atoms with Gasteiger partial charge in [0.05, 0.1) is 20.8 Å². The quantitative estimate of drug-likeness (QED) is 0.790. The highest BCUT2D eigenvalue weighted by Gasteiger charge is 2.25. The van der Waals surface area contributed by atoms with Gasteiger partial charge in [0.25, 0.3) is 5.91 Å². The van der Waals surface area contributed by atoms with E-state index in [1.807, 2.05) is 18.2 Å². The van der Waals surface area contributed by atoms with Crippen LogP contribution in [0.15, 0.2) is 18.2 Å². The van der Waals surface area contributed by atoms with Crippen LogP contribution >= 0.6 is 0 Å². The molecule has 1 aromatic rings. The van der Waals surface area contributed by atoms with Gasteiger partial charge in [0, 0.05) is 19.4 Å². The summed E-state index contributed by atoms with van der Waals surface area (Å²) in [5, 5.41) is 5.06. The molecular weight excluding hydrogens is 244 g/mol. The first-order valence-electron chi connectivity index (χ1n) is 6.56. The van der Waals surface area contributed by atoms with Gasteiger partial charge in [0.2, 0.25) is 0 Å². The van der Waals surface area contributed by atoms with Crippen LogP contribution in [0.4, 0.5) is 0 Å². The zero-order chi connectivity index (χ0) is 13.7. The molecular formula is C14H21N2O3+. The molecule has 1 fully saturated rings. The lowest BCUT2D eigenvalue weighted by Gasteiger charge is -2.11. The molecule has 5 nitrogen and oxygen atoms in total. The second kappa shape index (κ2) is 6.43. The molecule has 0 aliphatic carbocycles. The predicted octanol–water partition coefficient (Wildman–Crippen LogP) is 0.0458. The minimum absolute atomic E-state index is 0.0835. The van der Waals surface area contributed by atoms with Crippen LogP contribution < -0.4 is 20.1 Å². The predicted molar refractivity (Wildman–Crippen MR) is 71.2 cm³/mol. The van der Waals surface area contributed by atoms with E-state index in [0.717, 1.165) is 24.9 Å². The van der Waals surface area contributed by atoms with Crippen molar-refractivity contribution >= 4 is 5.91 Å². The zero-order valence-electron chi connectivity index (χ0n) is 11.4. The number of nitrogens with one attached hydrogen (secondary N) is 1. The molecule has 19 heavy (non-hydrogen) atoms. The average Bonchev–Trinajstić information content (AvgIpc) is 2.98. The van der Waals surface area contributed by atoms with E-state index in [-0.39, 0.29) is 11.9 Å². The Morgan fingerprint density at radius 3 is 2.79 bits per heavy atom. The molecule has 0 bridgehead atoms. The largest absolute Gasteiger partial charge is 0.493 e. The summed E-state index contributed by atoms with van der Waals surface area (Å²) in [5.41, 5.74) is 1.00. The van der Waals surface area contributed by atoms with Gasteiger partial charge in [-0.05, 0) is 17.7 Å². The van der Waals surface area contributed by atoms with Crippen molar-refractivity contribution in [1.82, 2.24) is 5.32 Å². The molecule has 0 aromatic heterocycles. The van der Waals surface area contributed by atoms with Gasteiger partial charge in [-0.1, -0.05) is 6.07 Å². The lowest BCUT2D eigenvalue weighted by molar-refractivity contribution is -0.657. The van der Waals surface area contributed by atoms with Crippen molar-refractivity contribution in [3.63, 3.8) is 0 Å². The number of ether oxygens (including phenoxy) is 2. The monoisotopic (exact) mass is 265 g/mol. The molecule has 1 heterocycles. The number of hydrogen-bond donors (Lipinski definition) is 2. The third-order valence-corrected chi connectivity index (χ3v) is 3.42. The molecule has 1 amide bonds. The highest BCUT2D eigenvalue weighted by atomic mass is 16.5. The minimum Gasteiger partial charge on any atom is -0.493 e. The second-order valence-corrected chi connectivity index (χ2v) is 4.68. The lowest BCUT2D eigenvalue weighted by atomic mass is 10.2. The molecule has 0 spiro atoms. The van der Waals surface area contributed by atoms with Crippen molar-refractivity contribution in [2.45, 2.75) is 25.4 Å². The number of nitrogens with two attached hydrogens (primary N) is 1. The number of methoxy groups -OCH3 is 2. The van der Waals surface area contributed by atoms with Crippen LogP contribution in [0.2, 0.25) is 0 Å². The van der Waals surface area contributed by atoms with Crippen molar-refractivity contribution in [3.8, 4) is 11.5 Å². The summed E-state index contributed by atoms with van der Waals surface area (Å²) in [6, 6.07) is 5.75. The van der Waals surface area contributed by atoms with E-state index in [1.54, 1.807) is 14.2 Å². The Morgan fingerprint density at radius 1 is 1.37 bits per heavy atom. The summed E-state index contributed by atoms with van der Waals surface area (Å²) in [4.78, 5) is 11.9. The Bertz CT molecular complexity index is 442. The second-order valence-electron chi connectivity index (χ2n) is 4.68. The standard InChI is InChI=1S/C14H20N2O3/c1-18-12-6-5-10(8-13(12)19-2)9-16-14(17)11-4-3-7-15-11/h5-6,8,11,15H,3-4,7,9H2,1-2H3,(H,16,17)/p+1/t11-/m1/s1. The lowest BCUT2D eigenvalue weighted by Crippen LogP contribution is -2.89. The maximum Gasteiger partial charge on any atom is 0.278 e. The molecule has 0 saturated carbocycles. The van der Waals surface area contributed by atoms with Crippen molar-refractivity contribution in [3.05, 3.63) is 23.8 Å². The summed E-state index contributed by atoms with van der Waals surface area (Å²) < 4.78 is 10.4. The molecule has 1 aromatic carbocycles. The fraction of sp³-hybridized carbons (Fsp3) is 0.500. The number of quaternary nitrogens is 1. The van der Waals surface area contributed by atoms with E-state index in [0.29, 0.717) is 18.0 Å². The molecule has 104 valence electrons. The highest BCUT2D eigenvalue weighted by Crippen LogP contribution is 2.27. The Labute approximate surface area is 113 Å². The first kappa shape index (κ1) is 13.7.